The van der Waals surface area contributed by atoms with Gasteiger partial charge in [-0.15, -0.1) is 0 Å². The Balaban J connectivity index is 2.27. The highest BCUT2D eigenvalue weighted by atomic mass is 79.9. The highest BCUT2D eigenvalue weighted by Gasteiger charge is 2.35. The number of methoxy groups -OCH3 is 1. The Morgan fingerprint density at radius 1 is 1.56 bits per heavy atom. The van der Waals surface area contributed by atoms with E-state index in [0.29, 0.717) is 11.4 Å². The van der Waals surface area contributed by atoms with Crippen molar-refractivity contribution in [2.45, 2.75) is 6.42 Å². The summed E-state index contributed by atoms with van der Waals surface area (Å²) in [5.74, 6) is -1.13. The van der Waals surface area contributed by atoms with Crippen molar-refractivity contribution in [1.29, 1.82) is 0 Å². The molecule has 0 saturated carbocycles. The number of hydrogen-bond donors (Lipinski definition) is 1. The first-order chi connectivity index (χ1) is 8.52. The predicted molar refractivity (Wildman–Crippen MR) is 68.8 cm³/mol. The number of carboxylic acids is 1. The van der Waals surface area contributed by atoms with E-state index in [1.165, 1.54) is 12.0 Å². The lowest BCUT2D eigenvalue weighted by Gasteiger charge is -2.17. The summed E-state index contributed by atoms with van der Waals surface area (Å²) >= 11 is 3.33. The molecule has 18 heavy (non-hydrogen) atoms. The molecule has 1 aromatic rings. The molecule has 1 amide bonds. The molecule has 1 aliphatic heterocycles. The predicted octanol–water partition coefficient (Wildman–Crippen LogP) is 1.90. The van der Waals surface area contributed by atoms with Crippen LogP contribution in [0, 0.1) is 5.92 Å². The fourth-order valence-electron chi connectivity index (χ4n) is 1.94. The Morgan fingerprint density at radius 3 is 2.83 bits per heavy atom. The van der Waals surface area contributed by atoms with E-state index in [1.54, 1.807) is 18.2 Å². The highest BCUT2D eigenvalue weighted by Crippen LogP contribution is 2.32. The van der Waals surface area contributed by atoms with Gasteiger partial charge in [-0.2, -0.15) is 0 Å². The Labute approximate surface area is 112 Å². The van der Waals surface area contributed by atoms with E-state index in [9.17, 15) is 9.59 Å². The molecule has 5 nitrogen and oxygen atoms in total. The van der Waals surface area contributed by atoms with Crippen molar-refractivity contribution in [3.05, 3.63) is 22.7 Å². The fraction of sp³-hybridized carbons (Fsp3) is 0.333. The van der Waals surface area contributed by atoms with Gasteiger partial charge >= 0.3 is 5.97 Å². The number of anilines is 1. The smallest absolute Gasteiger partial charge is 0.308 e. The monoisotopic (exact) mass is 313 g/mol. The van der Waals surface area contributed by atoms with Crippen molar-refractivity contribution in [2.24, 2.45) is 5.92 Å². The average Bonchev–Trinajstić information content (AvgIpc) is 2.72. The van der Waals surface area contributed by atoms with Crippen LogP contribution in [0.5, 0.6) is 5.75 Å². The number of nitrogens with zero attached hydrogens (tertiary/aromatic N) is 1. The number of rotatable bonds is 3. The molecule has 0 bridgehead atoms. The lowest BCUT2D eigenvalue weighted by molar-refractivity contribution is -0.141. The van der Waals surface area contributed by atoms with Crippen LogP contribution in [0.4, 0.5) is 5.69 Å². The van der Waals surface area contributed by atoms with Crippen LogP contribution in [-0.2, 0) is 9.59 Å². The zero-order valence-corrected chi connectivity index (χ0v) is 11.3. The summed E-state index contributed by atoms with van der Waals surface area (Å²) in [5, 5.41) is 8.93. The number of carbonyl (C=O) groups excluding carboxylic acids is 1. The number of carboxylic acid groups (broad SMARTS) is 1. The minimum absolute atomic E-state index is 0.0493. The zero-order chi connectivity index (χ0) is 13.3. The summed E-state index contributed by atoms with van der Waals surface area (Å²) in [7, 11) is 1.54. The third-order valence-electron chi connectivity index (χ3n) is 2.92. The lowest BCUT2D eigenvalue weighted by Crippen LogP contribution is -2.25. The van der Waals surface area contributed by atoms with Crippen LogP contribution in [0.15, 0.2) is 22.7 Å². The van der Waals surface area contributed by atoms with Gasteiger partial charge in [0.25, 0.3) is 0 Å². The second-order valence-electron chi connectivity index (χ2n) is 4.06. The summed E-state index contributed by atoms with van der Waals surface area (Å²) in [6.07, 6.45) is 0.0493. The van der Waals surface area contributed by atoms with E-state index in [0.717, 1.165) is 4.47 Å². The van der Waals surface area contributed by atoms with Crippen LogP contribution in [-0.4, -0.2) is 30.6 Å². The molecule has 0 aromatic heterocycles. The minimum Gasteiger partial charge on any atom is -0.495 e. The van der Waals surface area contributed by atoms with E-state index in [4.69, 9.17) is 9.84 Å². The van der Waals surface area contributed by atoms with E-state index >= 15 is 0 Å². The molecule has 1 aromatic carbocycles. The zero-order valence-electron chi connectivity index (χ0n) is 9.72. The number of carbonyl (C=O) groups is 2. The van der Waals surface area contributed by atoms with Gasteiger partial charge in [0.05, 0.1) is 17.5 Å². The third kappa shape index (κ3) is 2.33. The van der Waals surface area contributed by atoms with Crippen LogP contribution in [0.1, 0.15) is 6.42 Å². The first kappa shape index (κ1) is 12.9. The van der Waals surface area contributed by atoms with Gasteiger partial charge in [0.1, 0.15) is 5.75 Å². The van der Waals surface area contributed by atoms with Crippen molar-refractivity contribution in [1.82, 2.24) is 0 Å². The van der Waals surface area contributed by atoms with Crippen LogP contribution < -0.4 is 9.64 Å². The molecule has 0 radical (unpaired) electrons. The Hall–Kier alpha value is -1.56. The Bertz CT molecular complexity index is 503. The van der Waals surface area contributed by atoms with Crippen LogP contribution in [0.2, 0.25) is 0 Å². The largest absolute Gasteiger partial charge is 0.495 e. The van der Waals surface area contributed by atoms with Crippen molar-refractivity contribution in [3.8, 4) is 5.75 Å². The first-order valence-electron chi connectivity index (χ1n) is 5.39. The molecule has 0 aliphatic carbocycles. The van der Waals surface area contributed by atoms with Crippen molar-refractivity contribution in [3.63, 3.8) is 0 Å². The van der Waals surface area contributed by atoms with Gasteiger partial charge in [0.15, 0.2) is 0 Å². The molecule has 1 N–H and O–H groups in total. The van der Waals surface area contributed by atoms with Gasteiger partial charge in [0.2, 0.25) is 5.91 Å². The fourth-order valence-corrected chi connectivity index (χ4v) is 2.35. The van der Waals surface area contributed by atoms with Gasteiger partial charge in [-0.25, -0.2) is 0 Å². The maximum Gasteiger partial charge on any atom is 0.308 e. The molecule has 96 valence electrons. The molecule has 1 atom stereocenters. The number of aliphatic carboxylic acids is 1. The van der Waals surface area contributed by atoms with Crippen molar-refractivity contribution < 1.29 is 19.4 Å². The number of benzene rings is 1. The van der Waals surface area contributed by atoms with Gasteiger partial charge in [-0.3, -0.25) is 9.59 Å². The van der Waals surface area contributed by atoms with Crippen LogP contribution in [0.3, 0.4) is 0 Å². The minimum atomic E-state index is -0.935. The van der Waals surface area contributed by atoms with Gasteiger partial charge in [-0.1, -0.05) is 0 Å². The Morgan fingerprint density at radius 2 is 2.28 bits per heavy atom. The molecule has 1 saturated heterocycles. The number of amides is 1. The molecule has 0 spiro atoms. The number of halogens is 1. The third-order valence-corrected chi connectivity index (χ3v) is 3.58. The number of hydrogen-bond acceptors (Lipinski definition) is 3. The molecule has 1 unspecified atom stereocenters. The molecule has 2 rings (SSSR count). The molecule has 1 fully saturated rings. The first-order valence-corrected chi connectivity index (χ1v) is 6.19. The van der Waals surface area contributed by atoms with Gasteiger partial charge in [-0.05, 0) is 28.1 Å². The quantitative estimate of drug-likeness (QED) is 0.925. The van der Waals surface area contributed by atoms with E-state index in [2.05, 4.69) is 15.9 Å². The van der Waals surface area contributed by atoms with Crippen molar-refractivity contribution >= 4 is 33.5 Å². The summed E-state index contributed by atoms with van der Waals surface area (Å²) in [6.45, 7) is 0.207. The summed E-state index contributed by atoms with van der Waals surface area (Å²) < 4.78 is 5.94. The topological polar surface area (TPSA) is 66.8 Å². The van der Waals surface area contributed by atoms with Crippen molar-refractivity contribution in [2.75, 3.05) is 18.6 Å². The maximum atomic E-state index is 11.8. The molecule has 1 aliphatic rings. The Kier molecular flexibility index (Phi) is 3.56. The summed E-state index contributed by atoms with van der Waals surface area (Å²) in [6, 6.07) is 5.25. The second kappa shape index (κ2) is 4.97. The van der Waals surface area contributed by atoms with Gasteiger partial charge in [0, 0.05) is 24.7 Å². The average molecular weight is 314 g/mol. The standard InChI is InChI=1S/C12H12BrNO4/c1-18-10-5-8(2-3-9(10)13)14-6-7(12(16)17)4-11(14)15/h2-3,5,7H,4,6H2,1H3,(H,16,17). The van der Waals surface area contributed by atoms with E-state index in [-0.39, 0.29) is 18.9 Å². The molecular weight excluding hydrogens is 302 g/mol. The SMILES string of the molecule is COc1cc(N2CC(C(=O)O)CC2=O)ccc1Br. The summed E-state index contributed by atoms with van der Waals surface area (Å²) in [5.41, 5.74) is 0.656. The summed E-state index contributed by atoms with van der Waals surface area (Å²) in [4.78, 5) is 24.2. The van der Waals surface area contributed by atoms with Gasteiger partial charge < -0.3 is 14.7 Å². The number of ether oxygens (including phenoxy) is 1. The normalized spacial score (nSPS) is 19.1. The maximum absolute atomic E-state index is 11.8. The molecular formula is C12H12BrNO4. The highest BCUT2D eigenvalue weighted by molar-refractivity contribution is 9.10. The lowest BCUT2D eigenvalue weighted by atomic mass is 10.1. The van der Waals surface area contributed by atoms with E-state index in [1.807, 2.05) is 0 Å². The van der Waals surface area contributed by atoms with E-state index < -0.39 is 11.9 Å². The van der Waals surface area contributed by atoms with Crippen LogP contribution in [0.25, 0.3) is 0 Å². The second-order valence-corrected chi connectivity index (χ2v) is 4.92. The molecule has 6 heteroatoms. The van der Waals surface area contributed by atoms with Crippen LogP contribution >= 0.6 is 15.9 Å². The molecule has 1 heterocycles.